The van der Waals surface area contributed by atoms with Gasteiger partial charge in [-0.1, -0.05) is 0 Å². The molecule has 1 fully saturated rings. The molecule has 1 aromatic carbocycles. The molecule has 1 heterocycles. The van der Waals surface area contributed by atoms with Crippen LogP contribution in [0.4, 0.5) is 5.69 Å². The Morgan fingerprint density at radius 3 is 2.67 bits per heavy atom. The summed E-state index contributed by atoms with van der Waals surface area (Å²) in [5.41, 5.74) is 1.50. The fraction of sp³-hybridized carbons (Fsp3) is 0.429. The van der Waals surface area contributed by atoms with E-state index in [0.717, 1.165) is 12.2 Å². The van der Waals surface area contributed by atoms with Gasteiger partial charge in [0.2, 0.25) is 5.91 Å². The van der Waals surface area contributed by atoms with Crippen molar-refractivity contribution in [1.29, 1.82) is 5.26 Å². The summed E-state index contributed by atoms with van der Waals surface area (Å²) in [5.74, 6) is 0.505. The van der Waals surface area contributed by atoms with Crippen molar-refractivity contribution in [2.75, 3.05) is 18.5 Å². The van der Waals surface area contributed by atoms with Crippen LogP contribution in [0.15, 0.2) is 24.3 Å². The minimum Gasteiger partial charge on any atom is -0.319 e. The van der Waals surface area contributed by atoms with Gasteiger partial charge in [0, 0.05) is 30.6 Å². The molecule has 4 nitrogen and oxygen atoms in total. The highest BCUT2D eigenvalue weighted by molar-refractivity contribution is 5.96. The molecule has 2 atom stereocenters. The second-order valence-electron chi connectivity index (χ2n) is 4.68. The van der Waals surface area contributed by atoms with Gasteiger partial charge in [0.25, 0.3) is 0 Å². The third kappa shape index (κ3) is 2.22. The van der Waals surface area contributed by atoms with E-state index in [4.69, 9.17) is 5.26 Å². The van der Waals surface area contributed by atoms with Crippen molar-refractivity contribution in [3.05, 3.63) is 29.8 Å². The lowest BCUT2D eigenvalue weighted by molar-refractivity contribution is -0.117. The Hall–Kier alpha value is -1.86. The molecule has 18 heavy (non-hydrogen) atoms. The maximum atomic E-state index is 12.1. The summed E-state index contributed by atoms with van der Waals surface area (Å²) >= 11 is 0. The molecule has 0 saturated carbocycles. The number of nitrogens with zero attached hydrogens (tertiary/aromatic N) is 2. The molecule has 1 N–H and O–H groups in total. The van der Waals surface area contributed by atoms with Gasteiger partial charge >= 0.3 is 0 Å². The first kappa shape index (κ1) is 12.6. The smallest absolute Gasteiger partial charge is 0.227 e. The molecule has 4 heteroatoms. The Kier molecular flexibility index (Phi) is 3.63. The molecule has 0 bridgehead atoms. The molecule has 1 saturated heterocycles. The molecule has 2 unspecified atom stereocenters. The highest BCUT2D eigenvalue weighted by Crippen LogP contribution is 2.30. The minimum atomic E-state index is 0.160. The molecule has 0 radical (unpaired) electrons. The largest absolute Gasteiger partial charge is 0.319 e. The number of nitrogens with one attached hydrogen (secondary N) is 1. The Morgan fingerprint density at radius 1 is 1.44 bits per heavy atom. The molecule has 94 valence electrons. The second-order valence-corrected chi connectivity index (χ2v) is 4.68. The van der Waals surface area contributed by atoms with Gasteiger partial charge in [-0.05, 0) is 38.2 Å². The molecule has 1 aliphatic rings. The van der Waals surface area contributed by atoms with Crippen molar-refractivity contribution in [2.45, 2.75) is 19.4 Å². The van der Waals surface area contributed by atoms with Crippen molar-refractivity contribution in [3.63, 3.8) is 0 Å². The quantitative estimate of drug-likeness (QED) is 0.875. The fourth-order valence-corrected chi connectivity index (χ4v) is 2.51. The second kappa shape index (κ2) is 5.19. The number of carbonyl (C=O) groups is 1. The number of amides is 1. The Labute approximate surface area is 107 Å². The van der Waals surface area contributed by atoms with E-state index >= 15 is 0 Å². The molecule has 0 spiro atoms. The van der Waals surface area contributed by atoms with Gasteiger partial charge in [0.15, 0.2) is 0 Å². The number of benzene rings is 1. The first-order valence-corrected chi connectivity index (χ1v) is 6.14. The average Bonchev–Trinajstić information content (AvgIpc) is 2.65. The van der Waals surface area contributed by atoms with Gasteiger partial charge in [-0.3, -0.25) is 4.79 Å². The van der Waals surface area contributed by atoms with E-state index in [9.17, 15) is 4.79 Å². The van der Waals surface area contributed by atoms with Gasteiger partial charge in [0.05, 0.1) is 11.6 Å². The third-order valence-corrected chi connectivity index (χ3v) is 3.54. The fourth-order valence-electron chi connectivity index (χ4n) is 2.51. The van der Waals surface area contributed by atoms with Crippen LogP contribution in [0.3, 0.4) is 0 Å². The van der Waals surface area contributed by atoms with E-state index in [2.05, 4.69) is 18.3 Å². The normalized spacial score (nSPS) is 23.2. The molecule has 2 rings (SSSR count). The summed E-state index contributed by atoms with van der Waals surface area (Å²) in [7, 11) is 1.90. The first-order chi connectivity index (χ1) is 8.67. The average molecular weight is 243 g/mol. The molecular weight excluding hydrogens is 226 g/mol. The van der Waals surface area contributed by atoms with E-state index in [1.165, 1.54) is 0 Å². The first-order valence-electron chi connectivity index (χ1n) is 6.14. The zero-order valence-electron chi connectivity index (χ0n) is 10.7. The van der Waals surface area contributed by atoms with Crippen molar-refractivity contribution in [1.82, 2.24) is 5.32 Å². The van der Waals surface area contributed by atoms with E-state index in [-0.39, 0.29) is 11.9 Å². The van der Waals surface area contributed by atoms with E-state index in [0.29, 0.717) is 17.9 Å². The standard InChI is InChI=1S/C14H17N3O/c1-10-12(9-16-2)7-14(18)17(10)13-5-3-11(8-15)4-6-13/h3-6,10,12,16H,7,9H2,1-2H3. The number of carbonyl (C=O) groups excluding carboxylic acids is 1. The van der Waals surface area contributed by atoms with Gasteiger partial charge in [-0.25, -0.2) is 0 Å². The predicted octanol–water partition coefficient (Wildman–Crippen LogP) is 1.52. The Balaban J connectivity index is 2.22. The third-order valence-electron chi connectivity index (χ3n) is 3.54. The summed E-state index contributed by atoms with van der Waals surface area (Å²) in [4.78, 5) is 13.9. The highest BCUT2D eigenvalue weighted by Gasteiger charge is 2.36. The number of rotatable bonds is 3. The van der Waals surface area contributed by atoms with Crippen molar-refractivity contribution in [2.24, 2.45) is 5.92 Å². The van der Waals surface area contributed by atoms with Gasteiger partial charge in [-0.15, -0.1) is 0 Å². The molecule has 1 amide bonds. The van der Waals surface area contributed by atoms with Crippen molar-refractivity contribution in [3.8, 4) is 6.07 Å². The number of hydrogen-bond acceptors (Lipinski definition) is 3. The summed E-state index contributed by atoms with van der Waals surface area (Å²) in [5, 5.41) is 11.9. The number of nitriles is 1. The van der Waals surface area contributed by atoms with E-state index < -0.39 is 0 Å². The number of hydrogen-bond donors (Lipinski definition) is 1. The van der Waals surface area contributed by atoms with E-state index in [1.54, 1.807) is 12.1 Å². The summed E-state index contributed by atoms with van der Waals surface area (Å²) in [6.45, 7) is 2.92. The van der Waals surface area contributed by atoms with Crippen LogP contribution in [0.5, 0.6) is 0 Å². The van der Waals surface area contributed by atoms with E-state index in [1.807, 2.05) is 24.1 Å². The Morgan fingerprint density at radius 2 is 2.11 bits per heavy atom. The highest BCUT2D eigenvalue weighted by atomic mass is 16.2. The van der Waals surface area contributed by atoms with Crippen molar-refractivity contribution < 1.29 is 4.79 Å². The van der Waals surface area contributed by atoms with Gasteiger partial charge in [-0.2, -0.15) is 5.26 Å². The maximum Gasteiger partial charge on any atom is 0.227 e. The molecule has 0 aliphatic carbocycles. The van der Waals surface area contributed by atoms with Crippen LogP contribution in [0.2, 0.25) is 0 Å². The Bertz CT molecular complexity index is 475. The SMILES string of the molecule is CNCC1CC(=O)N(c2ccc(C#N)cc2)C1C. The van der Waals surface area contributed by atoms with Gasteiger partial charge in [0.1, 0.15) is 0 Å². The van der Waals surface area contributed by atoms with Crippen LogP contribution < -0.4 is 10.2 Å². The van der Waals surface area contributed by atoms with Crippen LogP contribution in [0.25, 0.3) is 0 Å². The molecule has 1 aromatic rings. The lowest BCUT2D eigenvalue weighted by Crippen LogP contribution is -2.35. The minimum absolute atomic E-state index is 0.160. The topological polar surface area (TPSA) is 56.1 Å². The molecule has 0 aromatic heterocycles. The maximum absolute atomic E-state index is 12.1. The predicted molar refractivity (Wildman–Crippen MR) is 70.1 cm³/mol. The lowest BCUT2D eigenvalue weighted by atomic mass is 10.0. The summed E-state index contributed by atoms with van der Waals surface area (Å²) in [6, 6.07) is 9.46. The zero-order chi connectivity index (χ0) is 13.1. The lowest BCUT2D eigenvalue weighted by Gasteiger charge is -2.24. The summed E-state index contributed by atoms with van der Waals surface area (Å²) in [6.07, 6.45) is 0.585. The summed E-state index contributed by atoms with van der Waals surface area (Å²) < 4.78 is 0. The van der Waals surface area contributed by atoms with Crippen LogP contribution in [-0.2, 0) is 4.79 Å². The van der Waals surface area contributed by atoms with Gasteiger partial charge < -0.3 is 10.2 Å². The van der Waals surface area contributed by atoms with Crippen LogP contribution in [0.1, 0.15) is 18.9 Å². The van der Waals surface area contributed by atoms with Crippen molar-refractivity contribution >= 4 is 11.6 Å². The van der Waals surface area contributed by atoms with Crippen LogP contribution in [-0.4, -0.2) is 25.5 Å². The molecular formula is C14H17N3O. The zero-order valence-corrected chi connectivity index (χ0v) is 10.7. The molecule has 1 aliphatic heterocycles. The number of anilines is 1. The van der Waals surface area contributed by atoms with Crippen LogP contribution in [0, 0.1) is 17.2 Å². The monoisotopic (exact) mass is 243 g/mol. The van der Waals surface area contributed by atoms with Crippen LogP contribution >= 0.6 is 0 Å².